The fourth-order valence-corrected chi connectivity index (χ4v) is 3.70. The topological polar surface area (TPSA) is 95.6 Å². The van der Waals surface area contributed by atoms with Gasteiger partial charge in [-0.15, -0.1) is 0 Å². The lowest BCUT2D eigenvalue weighted by Crippen LogP contribution is -2.49. The summed E-state index contributed by atoms with van der Waals surface area (Å²) in [5.74, 6) is -7.43. The largest absolute Gasteiger partial charge is 0.349 e. The number of carbonyl (C=O) groups is 4. The molecular weight excluding hydrogens is 467 g/mol. The number of nitrogens with zero attached hydrogens (tertiary/aromatic N) is 1. The van der Waals surface area contributed by atoms with E-state index in [0.717, 1.165) is 12.1 Å². The van der Waals surface area contributed by atoms with Gasteiger partial charge in [-0.05, 0) is 35.7 Å². The summed E-state index contributed by atoms with van der Waals surface area (Å²) in [5, 5.41) is 4.78. The van der Waals surface area contributed by atoms with Gasteiger partial charge in [0.05, 0.1) is 5.94 Å². The second-order valence-corrected chi connectivity index (χ2v) is 8.46. The molecule has 1 atom stereocenters. The van der Waals surface area contributed by atoms with E-state index in [1.165, 1.54) is 30.9 Å². The van der Waals surface area contributed by atoms with Gasteiger partial charge in [-0.1, -0.05) is 42.8 Å². The zero-order valence-electron chi connectivity index (χ0n) is 18.7. The third-order valence-electron chi connectivity index (χ3n) is 5.53. The van der Waals surface area contributed by atoms with Crippen molar-refractivity contribution in [1.82, 2.24) is 15.5 Å². The Kier molecular flexibility index (Phi) is 7.71. The number of carbonyl (C=O) groups excluding carboxylic acids is 4. The summed E-state index contributed by atoms with van der Waals surface area (Å²) in [6.45, 7) is 1.76. The summed E-state index contributed by atoms with van der Waals surface area (Å²) < 4.78 is 28.9. The minimum Gasteiger partial charge on any atom is -0.346 e. The summed E-state index contributed by atoms with van der Waals surface area (Å²) in [5.41, 5.74) is 1.01. The number of rotatable bonds is 8. The van der Waals surface area contributed by atoms with Gasteiger partial charge in [0.15, 0.2) is 0 Å². The first-order chi connectivity index (χ1) is 16.0. The molecule has 0 spiro atoms. The van der Waals surface area contributed by atoms with Crippen LogP contribution >= 0.6 is 11.6 Å². The summed E-state index contributed by atoms with van der Waals surface area (Å²) in [6, 6.07) is 9.44. The predicted octanol–water partition coefficient (Wildman–Crippen LogP) is 2.11. The van der Waals surface area contributed by atoms with E-state index in [1.807, 2.05) is 6.92 Å². The van der Waals surface area contributed by atoms with Gasteiger partial charge in [0.1, 0.15) is 7.85 Å². The van der Waals surface area contributed by atoms with E-state index in [9.17, 15) is 28.0 Å². The molecule has 0 bridgehead atoms. The molecule has 2 aromatic carbocycles. The number of fused-ring (bicyclic) bond motifs is 1. The van der Waals surface area contributed by atoms with E-state index in [1.54, 1.807) is 12.1 Å². The van der Waals surface area contributed by atoms with Gasteiger partial charge in [-0.2, -0.15) is 8.78 Å². The van der Waals surface area contributed by atoms with Crippen molar-refractivity contribution in [3.8, 4) is 0 Å². The third-order valence-corrected chi connectivity index (χ3v) is 5.79. The molecule has 34 heavy (non-hydrogen) atoms. The summed E-state index contributed by atoms with van der Waals surface area (Å²) in [7, 11) is 1.53. The molecule has 1 heterocycles. The van der Waals surface area contributed by atoms with Gasteiger partial charge in [-0.25, -0.2) is 0 Å². The normalized spacial score (nSPS) is 13.9. The highest BCUT2D eigenvalue weighted by Gasteiger charge is 2.40. The Morgan fingerprint density at radius 3 is 2.50 bits per heavy atom. The maximum atomic E-state index is 14.4. The maximum absolute atomic E-state index is 14.4. The Hall–Kier alpha value is -3.27. The smallest absolute Gasteiger partial charge is 0.346 e. The van der Waals surface area contributed by atoms with Crippen molar-refractivity contribution in [2.75, 3.05) is 0 Å². The van der Waals surface area contributed by atoms with Crippen molar-refractivity contribution < 1.29 is 28.0 Å². The second kappa shape index (κ2) is 10.3. The Morgan fingerprint density at radius 1 is 1.18 bits per heavy atom. The second-order valence-electron chi connectivity index (χ2n) is 8.03. The lowest BCUT2D eigenvalue weighted by molar-refractivity contribution is -0.147. The molecule has 2 aromatic rings. The predicted molar refractivity (Wildman–Crippen MR) is 124 cm³/mol. The molecule has 0 radical (unpaired) electrons. The van der Waals surface area contributed by atoms with Crippen molar-refractivity contribution in [2.24, 2.45) is 0 Å². The van der Waals surface area contributed by atoms with E-state index >= 15 is 0 Å². The van der Waals surface area contributed by atoms with Crippen LogP contribution in [0.4, 0.5) is 8.78 Å². The van der Waals surface area contributed by atoms with Gasteiger partial charge >= 0.3 is 5.92 Å². The van der Waals surface area contributed by atoms with E-state index < -0.39 is 35.1 Å². The highest BCUT2D eigenvalue weighted by atomic mass is 35.5. The van der Waals surface area contributed by atoms with E-state index in [0.29, 0.717) is 23.1 Å². The van der Waals surface area contributed by atoms with Crippen LogP contribution in [0.3, 0.4) is 0 Å². The molecular formula is C23H23BClF2N3O4. The van der Waals surface area contributed by atoms with Crippen LogP contribution in [0.1, 0.15) is 46.8 Å². The molecule has 0 saturated heterocycles. The van der Waals surface area contributed by atoms with Crippen LogP contribution in [-0.2, 0) is 33.4 Å². The number of imide groups is 1. The molecule has 7 nitrogen and oxygen atoms in total. The number of hydrogen-bond donors (Lipinski definition) is 2. The van der Waals surface area contributed by atoms with Crippen LogP contribution in [0, 0.1) is 0 Å². The molecule has 1 aliphatic heterocycles. The number of benzene rings is 2. The first-order valence-corrected chi connectivity index (χ1v) is 11.1. The number of alkyl halides is 2. The maximum Gasteiger partial charge on any atom is 0.349 e. The number of amides is 4. The number of hydrogen-bond acceptors (Lipinski definition) is 4. The van der Waals surface area contributed by atoms with Crippen LogP contribution < -0.4 is 10.6 Å². The van der Waals surface area contributed by atoms with Crippen molar-refractivity contribution >= 4 is 43.1 Å². The van der Waals surface area contributed by atoms with Crippen LogP contribution in [0.2, 0.25) is 5.02 Å². The summed E-state index contributed by atoms with van der Waals surface area (Å²) in [6.07, 6.45) is 0.797. The average molecular weight is 490 g/mol. The number of halogens is 3. The highest BCUT2D eigenvalue weighted by Crippen LogP contribution is 2.30. The van der Waals surface area contributed by atoms with Gasteiger partial charge in [0, 0.05) is 35.7 Å². The summed E-state index contributed by atoms with van der Waals surface area (Å²) in [4.78, 5) is 50.2. The molecule has 3 rings (SSSR count). The Morgan fingerprint density at radius 2 is 1.85 bits per heavy atom. The quantitative estimate of drug-likeness (QED) is 0.555. The Balaban J connectivity index is 1.64. The van der Waals surface area contributed by atoms with Crippen molar-refractivity contribution in [1.29, 1.82) is 0 Å². The van der Waals surface area contributed by atoms with Gasteiger partial charge in [0.25, 0.3) is 11.8 Å². The summed E-state index contributed by atoms with van der Waals surface area (Å²) >= 11 is 5.71. The lowest BCUT2D eigenvalue weighted by Gasteiger charge is -2.23. The zero-order valence-corrected chi connectivity index (χ0v) is 19.4. The molecule has 0 unspecified atom stereocenters. The van der Waals surface area contributed by atoms with Gasteiger partial charge < -0.3 is 10.2 Å². The Bertz CT molecular complexity index is 1130. The van der Waals surface area contributed by atoms with Crippen LogP contribution in [0.5, 0.6) is 0 Å². The van der Waals surface area contributed by atoms with Crippen molar-refractivity contribution in [3.63, 3.8) is 0 Å². The van der Waals surface area contributed by atoms with Crippen LogP contribution in [-0.4, -0.2) is 42.3 Å². The van der Waals surface area contributed by atoms with Gasteiger partial charge in [-0.3, -0.25) is 24.5 Å². The number of nitrogens with one attached hydrogen (secondary N) is 2. The fourth-order valence-electron chi connectivity index (χ4n) is 3.58. The first-order valence-electron chi connectivity index (χ1n) is 10.7. The molecule has 0 aliphatic carbocycles. The molecule has 4 amide bonds. The fraction of sp³-hybridized carbons (Fsp3) is 0.304. The highest BCUT2D eigenvalue weighted by molar-refractivity contribution is 6.30. The standard InChI is InChI=1S/C23H23BClF2N3O4/c1-2-3-18(31)29-20(32)19(24)30-12-14-10-13(4-9-17(14)21(30)33)11-28-22(34)23(26,27)15-5-7-16(25)8-6-15/h4-10,19H,2-3,11-12,24H2,1H3,(H,28,34)(H,29,31,32)/t19-/m1/s1. The zero-order chi connectivity index (χ0) is 25.0. The SMILES string of the molecule is B[C@@H](C(=O)NC(=O)CCC)N1Cc2cc(CNC(=O)C(F)(F)c3ccc(Cl)cc3)ccc2C1=O. The molecule has 178 valence electrons. The molecule has 1 aliphatic rings. The third kappa shape index (κ3) is 5.44. The van der Waals surface area contributed by atoms with E-state index in [-0.39, 0.29) is 30.4 Å². The van der Waals surface area contributed by atoms with E-state index in [4.69, 9.17) is 11.6 Å². The molecule has 0 saturated carbocycles. The van der Waals surface area contributed by atoms with Crippen LogP contribution in [0.15, 0.2) is 42.5 Å². The van der Waals surface area contributed by atoms with E-state index in [2.05, 4.69) is 10.6 Å². The molecule has 0 fully saturated rings. The minimum atomic E-state index is -3.74. The monoisotopic (exact) mass is 489 g/mol. The van der Waals surface area contributed by atoms with Crippen LogP contribution in [0.25, 0.3) is 0 Å². The molecule has 11 heteroatoms. The lowest BCUT2D eigenvalue weighted by atomic mass is 9.93. The molecule has 0 aromatic heterocycles. The van der Waals surface area contributed by atoms with Crippen molar-refractivity contribution in [2.45, 2.75) is 44.7 Å². The van der Waals surface area contributed by atoms with Crippen molar-refractivity contribution in [3.05, 3.63) is 69.7 Å². The molecule has 2 N–H and O–H groups in total. The average Bonchev–Trinajstić information content (AvgIpc) is 3.12. The van der Waals surface area contributed by atoms with Gasteiger partial charge in [0.2, 0.25) is 11.8 Å². The Labute approximate surface area is 201 Å². The first kappa shape index (κ1) is 25.4. The minimum absolute atomic E-state index is 0.118.